The summed E-state index contributed by atoms with van der Waals surface area (Å²) in [5, 5.41) is 0. The van der Waals surface area contributed by atoms with E-state index in [2.05, 4.69) is 11.1 Å². The molecule has 110 valence electrons. The SMILES string of the molecule is CCCCCCCCCCCC(N)OS(=O)(=O)[O-].[Na+]. The Labute approximate surface area is 139 Å². The van der Waals surface area contributed by atoms with E-state index in [1.54, 1.807) is 0 Å². The van der Waals surface area contributed by atoms with E-state index in [1.807, 2.05) is 0 Å². The van der Waals surface area contributed by atoms with Gasteiger partial charge in [0, 0.05) is 0 Å². The molecule has 0 amide bonds. The van der Waals surface area contributed by atoms with Crippen molar-refractivity contribution < 1.29 is 46.7 Å². The number of nitrogens with two attached hydrogens (primary N) is 1. The van der Waals surface area contributed by atoms with Crippen molar-refractivity contribution in [2.45, 2.75) is 77.4 Å². The van der Waals surface area contributed by atoms with E-state index in [9.17, 15) is 13.0 Å². The second kappa shape index (κ2) is 13.8. The Bertz CT molecular complexity index is 285. The van der Waals surface area contributed by atoms with E-state index in [-0.39, 0.29) is 29.6 Å². The van der Waals surface area contributed by atoms with Crippen LogP contribution in [0.15, 0.2) is 0 Å². The Balaban J connectivity index is 0. The van der Waals surface area contributed by atoms with Crippen molar-refractivity contribution in [2.75, 3.05) is 0 Å². The molecule has 0 aliphatic rings. The van der Waals surface area contributed by atoms with Crippen molar-refractivity contribution in [1.29, 1.82) is 0 Å². The molecule has 0 aromatic carbocycles. The van der Waals surface area contributed by atoms with E-state index in [1.165, 1.54) is 38.5 Å². The summed E-state index contributed by atoms with van der Waals surface area (Å²) in [6.45, 7) is 2.20. The molecule has 1 atom stereocenters. The molecule has 0 rings (SSSR count). The van der Waals surface area contributed by atoms with Crippen molar-refractivity contribution in [1.82, 2.24) is 0 Å². The maximum atomic E-state index is 10.2. The zero-order chi connectivity index (χ0) is 13.9. The van der Waals surface area contributed by atoms with Gasteiger partial charge < -0.3 is 10.3 Å². The maximum Gasteiger partial charge on any atom is 1.00 e. The largest absolute Gasteiger partial charge is 1.00 e. The molecular weight excluding hydrogens is 277 g/mol. The average molecular weight is 303 g/mol. The summed E-state index contributed by atoms with van der Waals surface area (Å²) in [5.74, 6) is 0. The zero-order valence-electron chi connectivity index (χ0n) is 12.3. The van der Waals surface area contributed by atoms with Crippen LogP contribution in [0.5, 0.6) is 0 Å². The molecule has 0 aromatic rings. The van der Waals surface area contributed by atoms with Gasteiger partial charge in [0.2, 0.25) is 10.4 Å². The summed E-state index contributed by atoms with van der Waals surface area (Å²) in [6.07, 6.45) is 10.0. The van der Waals surface area contributed by atoms with Crippen molar-refractivity contribution in [3.63, 3.8) is 0 Å². The molecule has 0 saturated heterocycles. The van der Waals surface area contributed by atoms with Crippen LogP contribution in [0.3, 0.4) is 0 Å². The molecule has 0 radical (unpaired) electrons. The van der Waals surface area contributed by atoms with Gasteiger partial charge in [0.15, 0.2) is 0 Å². The molecule has 0 heterocycles. The van der Waals surface area contributed by atoms with Gasteiger partial charge >= 0.3 is 29.6 Å². The summed E-state index contributed by atoms with van der Waals surface area (Å²) in [7, 11) is -4.66. The van der Waals surface area contributed by atoms with Crippen molar-refractivity contribution in [3.05, 3.63) is 0 Å². The van der Waals surface area contributed by atoms with Crippen LogP contribution in [0.4, 0.5) is 0 Å². The molecule has 1 unspecified atom stereocenters. The van der Waals surface area contributed by atoms with Crippen LogP contribution in [-0.4, -0.2) is 19.2 Å². The predicted octanol–water partition coefficient (Wildman–Crippen LogP) is -0.327. The molecule has 0 bridgehead atoms. The Morgan fingerprint density at radius 2 is 1.42 bits per heavy atom. The first-order chi connectivity index (χ1) is 8.45. The summed E-state index contributed by atoms with van der Waals surface area (Å²) in [5.41, 5.74) is 5.35. The Hall–Kier alpha value is 0.830. The normalized spacial score (nSPS) is 13.0. The van der Waals surface area contributed by atoms with E-state index in [0.717, 1.165) is 19.3 Å². The van der Waals surface area contributed by atoms with Gasteiger partial charge in [-0.25, -0.2) is 8.42 Å². The van der Waals surface area contributed by atoms with Crippen LogP contribution in [-0.2, 0) is 14.6 Å². The molecule has 7 heteroatoms. The summed E-state index contributed by atoms with van der Waals surface area (Å²) >= 11 is 0. The first-order valence-electron chi connectivity index (χ1n) is 6.85. The molecular formula is C12H26NNaO4S. The second-order valence-corrected chi connectivity index (χ2v) is 5.67. The topological polar surface area (TPSA) is 92.5 Å². The van der Waals surface area contributed by atoms with Gasteiger partial charge in [0.05, 0.1) is 0 Å². The van der Waals surface area contributed by atoms with E-state index in [4.69, 9.17) is 5.73 Å². The van der Waals surface area contributed by atoms with Gasteiger partial charge in [-0.15, -0.1) is 0 Å². The minimum atomic E-state index is -4.66. The Morgan fingerprint density at radius 1 is 1.00 bits per heavy atom. The fourth-order valence-electron chi connectivity index (χ4n) is 1.86. The van der Waals surface area contributed by atoms with Crippen LogP contribution < -0.4 is 35.3 Å². The molecule has 0 spiro atoms. The summed E-state index contributed by atoms with van der Waals surface area (Å²) < 4.78 is 34.8. The summed E-state index contributed by atoms with van der Waals surface area (Å²) in [6, 6.07) is 0. The maximum absolute atomic E-state index is 10.2. The predicted molar refractivity (Wildman–Crippen MR) is 70.6 cm³/mol. The van der Waals surface area contributed by atoms with Gasteiger partial charge in [0.1, 0.15) is 6.23 Å². The first kappa shape index (κ1) is 22.1. The molecule has 2 N–H and O–H groups in total. The minimum absolute atomic E-state index is 0. The van der Waals surface area contributed by atoms with Crippen LogP contribution >= 0.6 is 0 Å². The number of hydrogen-bond donors (Lipinski definition) is 1. The number of rotatable bonds is 12. The molecule has 0 saturated carbocycles. The van der Waals surface area contributed by atoms with Gasteiger partial charge in [-0.2, -0.15) is 0 Å². The Morgan fingerprint density at radius 3 is 1.84 bits per heavy atom. The average Bonchev–Trinajstić information content (AvgIpc) is 2.24. The standard InChI is InChI=1S/C12H27NO4S.Na/c1-2-3-4-5-6-7-8-9-10-11-12(13)17-18(14,15)16;/h12H,2-11,13H2,1H3,(H,14,15,16);/q;+1/p-1. The fraction of sp³-hybridized carbons (Fsp3) is 1.00. The molecule has 0 aliphatic heterocycles. The first-order valence-corrected chi connectivity index (χ1v) is 8.18. The minimum Gasteiger partial charge on any atom is -0.725 e. The van der Waals surface area contributed by atoms with Crippen LogP contribution in [0.1, 0.15) is 71.1 Å². The third kappa shape index (κ3) is 18.8. The Kier molecular flexibility index (Phi) is 16.1. The van der Waals surface area contributed by atoms with E-state index >= 15 is 0 Å². The number of unbranched alkanes of at least 4 members (excludes halogenated alkanes) is 8. The van der Waals surface area contributed by atoms with Crippen molar-refractivity contribution in [2.24, 2.45) is 5.73 Å². The monoisotopic (exact) mass is 303 g/mol. The van der Waals surface area contributed by atoms with Gasteiger partial charge in [0.25, 0.3) is 0 Å². The van der Waals surface area contributed by atoms with E-state index in [0.29, 0.717) is 6.42 Å². The fourth-order valence-corrected chi connectivity index (χ4v) is 2.25. The third-order valence-corrected chi connectivity index (χ3v) is 3.32. The van der Waals surface area contributed by atoms with Gasteiger partial charge in [-0.1, -0.05) is 58.3 Å². The zero-order valence-corrected chi connectivity index (χ0v) is 15.1. The third-order valence-electron chi connectivity index (χ3n) is 2.83. The van der Waals surface area contributed by atoms with Crippen molar-refractivity contribution in [3.8, 4) is 0 Å². The van der Waals surface area contributed by atoms with Crippen LogP contribution in [0.2, 0.25) is 0 Å². The molecule has 0 aromatic heterocycles. The quantitative estimate of drug-likeness (QED) is 0.175. The van der Waals surface area contributed by atoms with Crippen LogP contribution in [0.25, 0.3) is 0 Å². The van der Waals surface area contributed by atoms with Crippen LogP contribution in [0, 0.1) is 0 Å². The van der Waals surface area contributed by atoms with Gasteiger partial charge in [-0.3, -0.25) is 4.18 Å². The van der Waals surface area contributed by atoms with E-state index < -0.39 is 16.6 Å². The number of hydrogen-bond acceptors (Lipinski definition) is 5. The molecule has 0 fully saturated rings. The molecule has 0 aliphatic carbocycles. The van der Waals surface area contributed by atoms with Gasteiger partial charge in [-0.05, 0) is 12.8 Å². The second-order valence-electron chi connectivity index (χ2n) is 4.66. The molecule has 5 nitrogen and oxygen atoms in total. The smallest absolute Gasteiger partial charge is 0.725 e. The van der Waals surface area contributed by atoms with Crippen molar-refractivity contribution >= 4 is 10.4 Å². The molecule has 19 heavy (non-hydrogen) atoms. The summed E-state index contributed by atoms with van der Waals surface area (Å²) in [4.78, 5) is 0.